The van der Waals surface area contributed by atoms with E-state index < -0.39 is 0 Å². The summed E-state index contributed by atoms with van der Waals surface area (Å²) in [6, 6.07) is 11.0. The molecule has 26 heavy (non-hydrogen) atoms. The first-order valence-electron chi connectivity index (χ1n) is 8.55. The van der Waals surface area contributed by atoms with Gasteiger partial charge in [0.05, 0.1) is 25.0 Å². The van der Waals surface area contributed by atoms with Gasteiger partial charge in [0.25, 0.3) is 5.91 Å². The highest BCUT2D eigenvalue weighted by Crippen LogP contribution is 2.17. The lowest BCUT2D eigenvalue weighted by Gasteiger charge is -2.34. The fourth-order valence-corrected chi connectivity index (χ4v) is 3.49. The number of rotatable bonds is 6. The molecule has 1 aliphatic heterocycles. The first-order chi connectivity index (χ1) is 12.7. The molecule has 6 nitrogen and oxygen atoms in total. The van der Waals surface area contributed by atoms with Crippen LogP contribution in [0.5, 0.6) is 11.5 Å². The van der Waals surface area contributed by atoms with Crippen LogP contribution < -0.4 is 9.47 Å². The zero-order valence-electron chi connectivity index (χ0n) is 14.7. The SMILES string of the molecule is COc1ccc(OCCC(=O)N2CCN(C(=O)c3cccs3)CC2)cc1. The summed E-state index contributed by atoms with van der Waals surface area (Å²) < 4.78 is 10.7. The number of amides is 2. The lowest BCUT2D eigenvalue weighted by molar-refractivity contribution is -0.133. The molecule has 1 aliphatic rings. The Labute approximate surface area is 156 Å². The number of carbonyl (C=O) groups is 2. The van der Waals surface area contributed by atoms with E-state index in [1.165, 1.54) is 11.3 Å². The van der Waals surface area contributed by atoms with Crippen LogP contribution in [0, 0.1) is 0 Å². The Kier molecular flexibility index (Phi) is 6.12. The molecule has 2 heterocycles. The Bertz CT molecular complexity index is 723. The lowest BCUT2D eigenvalue weighted by atomic mass is 10.2. The van der Waals surface area contributed by atoms with Crippen molar-refractivity contribution in [2.75, 3.05) is 39.9 Å². The first-order valence-corrected chi connectivity index (χ1v) is 9.43. The molecule has 0 bridgehead atoms. The molecule has 0 radical (unpaired) electrons. The Morgan fingerprint density at radius 1 is 1.00 bits per heavy atom. The largest absolute Gasteiger partial charge is 0.497 e. The highest BCUT2D eigenvalue weighted by Gasteiger charge is 2.25. The van der Waals surface area contributed by atoms with Crippen LogP contribution in [0.15, 0.2) is 41.8 Å². The van der Waals surface area contributed by atoms with Gasteiger partial charge in [0.1, 0.15) is 11.5 Å². The van der Waals surface area contributed by atoms with E-state index >= 15 is 0 Å². The number of hydrogen-bond donors (Lipinski definition) is 0. The van der Waals surface area contributed by atoms with Gasteiger partial charge < -0.3 is 19.3 Å². The van der Waals surface area contributed by atoms with Crippen molar-refractivity contribution >= 4 is 23.2 Å². The monoisotopic (exact) mass is 374 g/mol. The number of ether oxygens (including phenoxy) is 2. The Morgan fingerprint density at radius 3 is 2.27 bits per heavy atom. The summed E-state index contributed by atoms with van der Waals surface area (Å²) in [6.07, 6.45) is 0.324. The minimum absolute atomic E-state index is 0.0509. The molecular weight excluding hydrogens is 352 g/mol. The molecule has 7 heteroatoms. The van der Waals surface area contributed by atoms with Gasteiger partial charge in [0.15, 0.2) is 0 Å². The minimum atomic E-state index is 0.0509. The molecule has 138 valence electrons. The number of carbonyl (C=O) groups excluding carboxylic acids is 2. The number of hydrogen-bond acceptors (Lipinski definition) is 5. The van der Waals surface area contributed by atoms with Crippen molar-refractivity contribution in [2.45, 2.75) is 6.42 Å². The maximum atomic E-state index is 12.3. The van der Waals surface area contributed by atoms with Gasteiger partial charge in [0.2, 0.25) is 5.91 Å². The maximum Gasteiger partial charge on any atom is 0.264 e. The molecule has 1 saturated heterocycles. The normalized spacial score (nSPS) is 14.2. The van der Waals surface area contributed by atoms with Crippen molar-refractivity contribution in [2.24, 2.45) is 0 Å². The zero-order chi connectivity index (χ0) is 18.4. The molecule has 1 aromatic heterocycles. The molecule has 0 saturated carbocycles. The van der Waals surface area contributed by atoms with E-state index in [1.807, 2.05) is 46.7 Å². The van der Waals surface area contributed by atoms with Crippen LogP contribution in [0.3, 0.4) is 0 Å². The molecule has 3 rings (SSSR count). The summed E-state index contributed by atoms with van der Waals surface area (Å²) in [6.45, 7) is 2.61. The quantitative estimate of drug-likeness (QED) is 0.780. The van der Waals surface area contributed by atoms with E-state index in [4.69, 9.17) is 9.47 Å². The average molecular weight is 374 g/mol. The number of piperazine rings is 1. The third-order valence-electron chi connectivity index (χ3n) is 4.30. The summed E-state index contributed by atoms with van der Waals surface area (Å²) in [5.74, 6) is 1.59. The van der Waals surface area contributed by atoms with Crippen molar-refractivity contribution in [1.82, 2.24) is 9.80 Å². The minimum Gasteiger partial charge on any atom is -0.497 e. The van der Waals surface area contributed by atoms with Crippen LogP contribution >= 0.6 is 11.3 Å². The molecule has 0 spiro atoms. The second kappa shape index (κ2) is 8.71. The van der Waals surface area contributed by atoms with E-state index in [-0.39, 0.29) is 11.8 Å². The lowest BCUT2D eigenvalue weighted by Crippen LogP contribution is -2.50. The Morgan fingerprint density at radius 2 is 1.65 bits per heavy atom. The molecular formula is C19H22N2O4S. The summed E-state index contributed by atoms with van der Waals surface area (Å²) in [7, 11) is 1.61. The molecule has 2 amide bonds. The average Bonchev–Trinajstić information content (AvgIpc) is 3.23. The smallest absolute Gasteiger partial charge is 0.264 e. The van der Waals surface area contributed by atoms with Crippen molar-refractivity contribution in [1.29, 1.82) is 0 Å². The molecule has 2 aromatic rings. The van der Waals surface area contributed by atoms with E-state index in [9.17, 15) is 9.59 Å². The van der Waals surface area contributed by atoms with E-state index in [0.29, 0.717) is 45.0 Å². The van der Waals surface area contributed by atoms with Gasteiger partial charge in [-0.2, -0.15) is 0 Å². The van der Waals surface area contributed by atoms with Crippen LogP contribution in [0.4, 0.5) is 0 Å². The molecule has 0 unspecified atom stereocenters. The number of thiophene rings is 1. The topological polar surface area (TPSA) is 59.1 Å². The zero-order valence-corrected chi connectivity index (χ0v) is 15.5. The fourth-order valence-electron chi connectivity index (χ4n) is 2.80. The second-order valence-corrected chi connectivity index (χ2v) is 6.87. The van der Waals surface area contributed by atoms with Crippen LogP contribution in [0.2, 0.25) is 0 Å². The Hall–Kier alpha value is -2.54. The van der Waals surface area contributed by atoms with Crippen LogP contribution in [-0.4, -0.2) is 61.5 Å². The molecule has 1 aromatic carbocycles. The third-order valence-corrected chi connectivity index (χ3v) is 5.15. The number of methoxy groups -OCH3 is 1. The van der Waals surface area contributed by atoms with Crippen molar-refractivity contribution < 1.29 is 19.1 Å². The van der Waals surface area contributed by atoms with E-state index in [2.05, 4.69) is 0 Å². The van der Waals surface area contributed by atoms with Gasteiger partial charge in [-0.3, -0.25) is 9.59 Å². The highest BCUT2D eigenvalue weighted by molar-refractivity contribution is 7.12. The van der Waals surface area contributed by atoms with Gasteiger partial charge in [-0.15, -0.1) is 11.3 Å². The highest BCUT2D eigenvalue weighted by atomic mass is 32.1. The Balaban J connectivity index is 1.40. The molecule has 0 atom stereocenters. The standard InChI is InChI=1S/C19H22N2O4S/c1-24-15-4-6-16(7-5-15)25-13-8-18(22)20-9-11-21(12-10-20)19(23)17-3-2-14-26-17/h2-7,14H,8-13H2,1H3. The van der Waals surface area contributed by atoms with Crippen molar-refractivity contribution in [3.8, 4) is 11.5 Å². The summed E-state index contributed by atoms with van der Waals surface area (Å²) >= 11 is 1.45. The summed E-state index contributed by atoms with van der Waals surface area (Å²) in [5, 5.41) is 1.90. The van der Waals surface area contributed by atoms with Gasteiger partial charge in [-0.1, -0.05) is 6.07 Å². The third kappa shape index (κ3) is 4.54. The number of benzene rings is 1. The van der Waals surface area contributed by atoms with Crippen molar-refractivity contribution in [3.63, 3.8) is 0 Å². The fraction of sp³-hybridized carbons (Fsp3) is 0.368. The van der Waals surface area contributed by atoms with Gasteiger partial charge in [-0.25, -0.2) is 0 Å². The maximum absolute atomic E-state index is 12.3. The van der Waals surface area contributed by atoms with Gasteiger partial charge in [-0.05, 0) is 35.7 Å². The molecule has 1 fully saturated rings. The first kappa shape index (κ1) is 18.3. The predicted molar refractivity (Wildman–Crippen MR) is 99.9 cm³/mol. The van der Waals surface area contributed by atoms with E-state index in [0.717, 1.165) is 10.6 Å². The van der Waals surface area contributed by atoms with Crippen LogP contribution in [-0.2, 0) is 4.79 Å². The van der Waals surface area contributed by atoms with Gasteiger partial charge >= 0.3 is 0 Å². The second-order valence-electron chi connectivity index (χ2n) is 5.92. The van der Waals surface area contributed by atoms with E-state index in [1.54, 1.807) is 12.0 Å². The van der Waals surface area contributed by atoms with Gasteiger partial charge in [0, 0.05) is 26.2 Å². The van der Waals surface area contributed by atoms with Crippen LogP contribution in [0.25, 0.3) is 0 Å². The molecule has 0 aliphatic carbocycles. The summed E-state index contributed by atoms with van der Waals surface area (Å²) in [5.41, 5.74) is 0. The van der Waals surface area contributed by atoms with Crippen LogP contribution in [0.1, 0.15) is 16.1 Å². The van der Waals surface area contributed by atoms with Crippen molar-refractivity contribution in [3.05, 3.63) is 46.7 Å². The summed E-state index contributed by atoms with van der Waals surface area (Å²) in [4.78, 5) is 29.0. The molecule has 0 N–H and O–H groups in total. The number of nitrogens with zero attached hydrogens (tertiary/aromatic N) is 2. The predicted octanol–water partition coefficient (Wildman–Crippen LogP) is 2.51.